The molecule has 0 saturated heterocycles. The Kier molecular flexibility index (Phi) is 5.33. The monoisotopic (exact) mass is 461 g/mol. The van der Waals surface area contributed by atoms with Crippen molar-refractivity contribution in [3.8, 4) is 11.5 Å². The molecule has 2 aromatic rings. The molecule has 2 atom stereocenters. The number of hydrogen-bond donors (Lipinski definition) is 2. The predicted octanol–water partition coefficient (Wildman–Crippen LogP) is 2.11. The predicted molar refractivity (Wildman–Crippen MR) is 112 cm³/mol. The molecule has 2 aliphatic heterocycles. The van der Waals surface area contributed by atoms with E-state index >= 15 is 0 Å². The molecular formula is C20H15NO8S2. The maximum absolute atomic E-state index is 13.0. The number of carboxylic acid groups (broad SMARTS) is 1. The normalized spacial score (nSPS) is 21.3. The smallest absolute Gasteiger partial charge is 0.321 e. The van der Waals surface area contributed by atoms with Crippen LogP contribution >= 0.6 is 11.8 Å². The van der Waals surface area contributed by atoms with E-state index in [-0.39, 0.29) is 0 Å². The summed E-state index contributed by atoms with van der Waals surface area (Å²) in [5.41, 5.74) is -0.582. The molecule has 0 aromatic heterocycles. The number of nitrogens with zero attached hydrogens (tertiary/aromatic N) is 1. The Labute approximate surface area is 181 Å². The first-order valence-electron chi connectivity index (χ1n) is 8.93. The van der Waals surface area contributed by atoms with E-state index in [0.29, 0.717) is 28.9 Å². The van der Waals surface area contributed by atoms with Crippen molar-refractivity contribution in [3.63, 3.8) is 0 Å². The van der Waals surface area contributed by atoms with Gasteiger partial charge in [0.25, 0.3) is 16.0 Å². The highest BCUT2D eigenvalue weighted by molar-refractivity contribution is 8.13. The van der Waals surface area contributed by atoms with E-state index in [1.54, 1.807) is 24.3 Å². The van der Waals surface area contributed by atoms with E-state index in [1.165, 1.54) is 12.1 Å². The van der Waals surface area contributed by atoms with Crippen LogP contribution in [0.25, 0.3) is 0 Å². The number of carboxylic acids is 1. The summed E-state index contributed by atoms with van der Waals surface area (Å²) in [5.74, 6) is -1.91. The van der Waals surface area contributed by atoms with Crippen molar-refractivity contribution in [2.45, 2.75) is 9.83 Å². The molecule has 0 fully saturated rings. The summed E-state index contributed by atoms with van der Waals surface area (Å²) in [6.07, 6.45) is 0. The molecule has 1 amide bonds. The summed E-state index contributed by atoms with van der Waals surface area (Å²) in [7, 11) is -4.78. The van der Waals surface area contributed by atoms with Gasteiger partial charge in [-0.15, -0.1) is 11.8 Å². The first-order valence-corrected chi connectivity index (χ1v) is 11.4. The minimum Gasteiger partial charge on any atom is -0.480 e. The van der Waals surface area contributed by atoms with Gasteiger partial charge in [-0.1, -0.05) is 18.2 Å². The molecule has 4 rings (SSSR count). The van der Waals surface area contributed by atoms with Gasteiger partial charge in [0.1, 0.15) is 16.7 Å². The van der Waals surface area contributed by atoms with Crippen molar-refractivity contribution in [3.05, 3.63) is 65.7 Å². The van der Waals surface area contributed by atoms with Gasteiger partial charge in [-0.3, -0.25) is 18.9 Å². The van der Waals surface area contributed by atoms with E-state index in [9.17, 15) is 32.5 Å². The number of ketones is 1. The van der Waals surface area contributed by atoms with Gasteiger partial charge < -0.3 is 14.7 Å². The molecule has 9 nitrogen and oxygen atoms in total. The van der Waals surface area contributed by atoms with Crippen LogP contribution in [-0.4, -0.2) is 52.1 Å². The zero-order valence-electron chi connectivity index (χ0n) is 15.7. The lowest BCUT2D eigenvalue weighted by Gasteiger charge is -2.28. The van der Waals surface area contributed by atoms with Gasteiger partial charge >= 0.3 is 5.97 Å². The number of Topliss-reactive ketones (excluding diaryl/α,β-unsaturated/α-hetero) is 1. The van der Waals surface area contributed by atoms with Gasteiger partial charge in [0.05, 0.1) is 12.1 Å². The standard InChI is InChI=1S/C20H15NO8S2/c22-14-10-21(11-6-8-13(9-7-11)29-12-4-2-1-3-5-12)18(23)16-15(14)20(31(26,27)28)30-17(16)19(24)25/h1-9,17,20H,10H2,(H,24,25)(H,26,27,28). The van der Waals surface area contributed by atoms with Crippen LogP contribution in [0.1, 0.15) is 0 Å². The number of carbonyl (C=O) groups excluding carboxylic acids is 2. The molecule has 2 N–H and O–H groups in total. The maximum Gasteiger partial charge on any atom is 0.321 e. The minimum atomic E-state index is -4.78. The zero-order valence-corrected chi connectivity index (χ0v) is 17.3. The van der Waals surface area contributed by atoms with Crippen molar-refractivity contribution < 1.29 is 37.2 Å². The number of anilines is 1. The van der Waals surface area contributed by atoms with E-state index in [1.807, 2.05) is 18.2 Å². The molecule has 11 heteroatoms. The third-order valence-corrected chi connectivity index (χ3v) is 7.78. The minimum absolute atomic E-state index is 0.315. The van der Waals surface area contributed by atoms with Crippen molar-refractivity contribution in [1.29, 1.82) is 0 Å². The first-order chi connectivity index (χ1) is 14.7. The molecule has 0 bridgehead atoms. The Morgan fingerprint density at radius 2 is 1.61 bits per heavy atom. The molecule has 2 aliphatic rings. The lowest BCUT2D eigenvalue weighted by atomic mass is 9.96. The average molecular weight is 461 g/mol. The number of hydrogen-bond acceptors (Lipinski definition) is 7. The number of benzene rings is 2. The Bertz CT molecular complexity index is 1210. The van der Waals surface area contributed by atoms with Gasteiger partial charge in [0, 0.05) is 11.3 Å². The van der Waals surface area contributed by atoms with Crippen LogP contribution in [0, 0.1) is 0 Å². The fraction of sp³-hybridized carbons (Fsp3) is 0.150. The molecular weight excluding hydrogens is 446 g/mol. The van der Waals surface area contributed by atoms with Gasteiger partial charge in [-0.05, 0) is 36.4 Å². The summed E-state index contributed by atoms with van der Waals surface area (Å²) in [6, 6.07) is 15.2. The summed E-state index contributed by atoms with van der Waals surface area (Å²) in [4.78, 5) is 38.4. The second kappa shape index (κ2) is 7.84. The lowest BCUT2D eigenvalue weighted by molar-refractivity contribution is -0.136. The first kappa shape index (κ1) is 21.1. The van der Waals surface area contributed by atoms with Gasteiger partial charge in [-0.2, -0.15) is 8.42 Å². The number of thioether (sulfide) groups is 1. The molecule has 0 saturated carbocycles. The van der Waals surface area contributed by atoms with E-state index in [2.05, 4.69) is 0 Å². The Morgan fingerprint density at radius 3 is 2.19 bits per heavy atom. The second-order valence-corrected chi connectivity index (χ2v) is 9.77. The molecule has 2 unspecified atom stereocenters. The molecule has 0 aliphatic carbocycles. The fourth-order valence-electron chi connectivity index (χ4n) is 3.41. The molecule has 2 heterocycles. The number of para-hydroxylation sites is 1. The molecule has 0 radical (unpaired) electrons. The van der Waals surface area contributed by atoms with Crippen LogP contribution in [0.2, 0.25) is 0 Å². The van der Waals surface area contributed by atoms with E-state index < -0.39 is 55.3 Å². The lowest BCUT2D eigenvalue weighted by Crippen LogP contribution is -2.45. The van der Waals surface area contributed by atoms with Crippen molar-refractivity contribution in [2.75, 3.05) is 11.4 Å². The Balaban J connectivity index is 1.65. The van der Waals surface area contributed by atoms with Crippen LogP contribution in [0.4, 0.5) is 5.69 Å². The third-order valence-electron chi connectivity index (χ3n) is 4.75. The fourth-order valence-corrected chi connectivity index (χ4v) is 5.98. The molecule has 2 aromatic carbocycles. The number of amides is 1. The molecule has 0 spiro atoms. The second-order valence-electron chi connectivity index (χ2n) is 6.75. The van der Waals surface area contributed by atoms with Crippen LogP contribution in [-0.2, 0) is 24.5 Å². The van der Waals surface area contributed by atoms with Crippen LogP contribution in [0.5, 0.6) is 11.5 Å². The Morgan fingerprint density at radius 1 is 1.00 bits per heavy atom. The van der Waals surface area contributed by atoms with Gasteiger partial charge in [0.15, 0.2) is 10.4 Å². The molecule has 31 heavy (non-hydrogen) atoms. The van der Waals surface area contributed by atoms with Gasteiger partial charge in [-0.25, -0.2) is 0 Å². The largest absolute Gasteiger partial charge is 0.480 e. The Hall–Kier alpha value is -3.15. The highest BCUT2D eigenvalue weighted by Gasteiger charge is 2.52. The number of carbonyl (C=O) groups is 3. The van der Waals surface area contributed by atoms with Crippen LogP contribution in [0.3, 0.4) is 0 Å². The highest BCUT2D eigenvalue weighted by Crippen LogP contribution is 2.45. The number of aliphatic carboxylic acids is 1. The van der Waals surface area contributed by atoms with E-state index in [0.717, 1.165) is 4.90 Å². The number of rotatable bonds is 5. The van der Waals surface area contributed by atoms with Crippen molar-refractivity contribution >= 4 is 45.2 Å². The SMILES string of the molecule is O=C1CN(c2ccc(Oc3ccccc3)cc2)C(=O)C2=C1C(S(=O)(=O)O)SC2C(=O)O. The maximum atomic E-state index is 13.0. The average Bonchev–Trinajstić information content (AvgIpc) is 3.15. The number of ether oxygens (including phenoxy) is 1. The summed E-state index contributed by atoms with van der Waals surface area (Å²) >= 11 is 0.340. The van der Waals surface area contributed by atoms with Gasteiger partial charge in [0.2, 0.25) is 0 Å². The van der Waals surface area contributed by atoms with Crippen LogP contribution in [0.15, 0.2) is 65.7 Å². The van der Waals surface area contributed by atoms with Crippen molar-refractivity contribution in [1.82, 2.24) is 0 Å². The van der Waals surface area contributed by atoms with Crippen molar-refractivity contribution in [2.24, 2.45) is 0 Å². The summed E-state index contributed by atoms with van der Waals surface area (Å²) in [5, 5.41) is 7.86. The van der Waals surface area contributed by atoms with E-state index in [4.69, 9.17) is 4.74 Å². The topological polar surface area (TPSA) is 138 Å². The summed E-state index contributed by atoms with van der Waals surface area (Å²) < 4.78 is 36.6. The third kappa shape index (κ3) is 3.94. The molecule has 160 valence electrons. The zero-order chi connectivity index (χ0) is 22.3. The summed E-state index contributed by atoms with van der Waals surface area (Å²) in [6.45, 7) is -0.477. The highest BCUT2D eigenvalue weighted by atomic mass is 32.3. The van der Waals surface area contributed by atoms with Crippen LogP contribution < -0.4 is 9.64 Å². The quantitative estimate of drug-likeness (QED) is 0.641.